The van der Waals surface area contributed by atoms with Crippen molar-refractivity contribution in [2.75, 3.05) is 6.54 Å². The van der Waals surface area contributed by atoms with E-state index in [1.807, 2.05) is 26.8 Å². The molecule has 0 unspecified atom stereocenters. The fourth-order valence-electron chi connectivity index (χ4n) is 1.14. The van der Waals surface area contributed by atoms with Gasteiger partial charge in [-0.15, -0.1) is 0 Å². The SMILES string of the molecule is CC(C)=CCNC(=O)c1cnc(C)cc1Cl. The number of allylic oxidation sites excluding steroid dienone is 1. The second kappa shape index (κ2) is 5.66. The lowest BCUT2D eigenvalue weighted by molar-refractivity contribution is 0.0958. The van der Waals surface area contributed by atoms with Crippen molar-refractivity contribution >= 4 is 17.5 Å². The van der Waals surface area contributed by atoms with Gasteiger partial charge in [-0.2, -0.15) is 0 Å². The van der Waals surface area contributed by atoms with Gasteiger partial charge in [-0.05, 0) is 26.8 Å². The van der Waals surface area contributed by atoms with Gasteiger partial charge >= 0.3 is 0 Å². The fourth-order valence-corrected chi connectivity index (χ4v) is 1.43. The molecule has 1 aromatic rings. The van der Waals surface area contributed by atoms with Crippen LogP contribution < -0.4 is 5.32 Å². The van der Waals surface area contributed by atoms with Gasteiger partial charge in [0.05, 0.1) is 10.6 Å². The van der Waals surface area contributed by atoms with Crippen LogP contribution in [-0.4, -0.2) is 17.4 Å². The highest BCUT2D eigenvalue weighted by Crippen LogP contribution is 2.15. The molecule has 0 aliphatic carbocycles. The van der Waals surface area contributed by atoms with Crippen molar-refractivity contribution in [3.05, 3.63) is 40.2 Å². The Morgan fingerprint density at radius 2 is 2.25 bits per heavy atom. The second-order valence-electron chi connectivity index (χ2n) is 3.80. The molecule has 0 fully saturated rings. The topological polar surface area (TPSA) is 42.0 Å². The summed E-state index contributed by atoms with van der Waals surface area (Å²) in [5.74, 6) is -0.199. The van der Waals surface area contributed by atoms with Gasteiger partial charge in [0, 0.05) is 18.4 Å². The summed E-state index contributed by atoms with van der Waals surface area (Å²) >= 11 is 5.95. The second-order valence-corrected chi connectivity index (χ2v) is 4.20. The zero-order chi connectivity index (χ0) is 12.1. The molecule has 86 valence electrons. The largest absolute Gasteiger partial charge is 0.348 e. The van der Waals surface area contributed by atoms with Crippen LogP contribution in [0.15, 0.2) is 23.9 Å². The van der Waals surface area contributed by atoms with Crippen LogP contribution in [0.2, 0.25) is 5.02 Å². The van der Waals surface area contributed by atoms with Crippen molar-refractivity contribution in [2.24, 2.45) is 0 Å². The molecule has 0 aliphatic heterocycles. The number of carbonyl (C=O) groups excluding carboxylic acids is 1. The van der Waals surface area contributed by atoms with Gasteiger partial charge in [-0.1, -0.05) is 23.3 Å². The first-order valence-electron chi connectivity index (χ1n) is 5.04. The number of carbonyl (C=O) groups is 1. The standard InChI is InChI=1S/C12H15ClN2O/c1-8(2)4-5-14-12(16)10-7-15-9(3)6-11(10)13/h4,6-7H,5H2,1-3H3,(H,14,16). The lowest BCUT2D eigenvalue weighted by Gasteiger charge is -2.05. The summed E-state index contributed by atoms with van der Waals surface area (Å²) in [7, 11) is 0. The van der Waals surface area contributed by atoms with E-state index in [-0.39, 0.29) is 5.91 Å². The van der Waals surface area contributed by atoms with Gasteiger partial charge in [0.2, 0.25) is 0 Å². The molecule has 1 aromatic heterocycles. The maximum Gasteiger partial charge on any atom is 0.254 e. The summed E-state index contributed by atoms with van der Waals surface area (Å²) in [6.07, 6.45) is 3.43. The van der Waals surface area contributed by atoms with Crippen molar-refractivity contribution in [1.29, 1.82) is 0 Å². The molecule has 1 amide bonds. The molecular weight excluding hydrogens is 224 g/mol. The Balaban J connectivity index is 2.70. The van der Waals surface area contributed by atoms with E-state index in [1.54, 1.807) is 6.07 Å². The van der Waals surface area contributed by atoms with Gasteiger partial charge < -0.3 is 5.32 Å². The summed E-state index contributed by atoms with van der Waals surface area (Å²) in [6.45, 7) is 6.29. The maximum absolute atomic E-state index is 11.7. The quantitative estimate of drug-likeness (QED) is 0.823. The van der Waals surface area contributed by atoms with E-state index < -0.39 is 0 Å². The monoisotopic (exact) mass is 238 g/mol. The van der Waals surface area contributed by atoms with Crippen LogP contribution in [0.3, 0.4) is 0 Å². The molecule has 4 heteroatoms. The van der Waals surface area contributed by atoms with E-state index in [0.717, 1.165) is 11.3 Å². The van der Waals surface area contributed by atoms with Gasteiger partial charge in [0.25, 0.3) is 5.91 Å². The minimum Gasteiger partial charge on any atom is -0.348 e. The predicted molar refractivity (Wildman–Crippen MR) is 65.7 cm³/mol. The molecule has 3 nitrogen and oxygen atoms in total. The molecule has 1 N–H and O–H groups in total. The number of hydrogen-bond acceptors (Lipinski definition) is 2. The van der Waals surface area contributed by atoms with Gasteiger partial charge in [0.15, 0.2) is 0 Å². The molecular formula is C12H15ClN2O. The Morgan fingerprint density at radius 1 is 1.56 bits per heavy atom. The third kappa shape index (κ3) is 3.66. The number of rotatable bonds is 3. The molecule has 16 heavy (non-hydrogen) atoms. The van der Waals surface area contributed by atoms with Crippen LogP contribution in [0, 0.1) is 6.92 Å². The molecule has 0 saturated heterocycles. The molecule has 0 spiro atoms. The van der Waals surface area contributed by atoms with Crippen molar-refractivity contribution in [3.8, 4) is 0 Å². The first-order chi connectivity index (χ1) is 7.50. The van der Waals surface area contributed by atoms with Gasteiger partial charge in [-0.25, -0.2) is 0 Å². The fraction of sp³-hybridized carbons (Fsp3) is 0.333. The summed E-state index contributed by atoms with van der Waals surface area (Å²) in [6, 6.07) is 1.68. The number of nitrogens with one attached hydrogen (secondary N) is 1. The number of amides is 1. The third-order valence-corrected chi connectivity index (χ3v) is 2.32. The average Bonchev–Trinajstić information content (AvgIpc) is 2.16. The van der Waals surface area contributed by atoms with Crippen LogP contribution in [0.5, 0.6) is 0 Å². The van der Waals surface area contributed by atoms with Gasteiger partial charge in [-0.3, -0.25) is 9.78 Å². The van der Waals surface area contributed by atoms with Crippen LogP contribution in [0.4, 0.5) is 0 Å². The van der Waals surface area contributed by atoms with Crippen LogP contribution in [-0.2, 0) is 0 Å². The van der Waals surface area contributed by atoms with Crippen molar-refractivity contribution in [1.82, 2.24) is 10.3 Å². The Kier molecular flexibility index (Phi) is 4.50. The van der Waals surface area contributed by atoms with E-state index >= 15 is 0 Å². The molecule has 0 aliphatic rings. The minimum absolute atomic E-state index is 0.199. The summed E-state index contributed by atoms with van der Waals surface area (Å²) in [5, 5.41) is 3.18. The highest BCUT2D eigenvalue weighted by Gasteiger charge is 2.09. The zero-order valence-corrected chi connectivity index (χ0v) is 10.4. The van der Waals surface area contributed by atoms with E-state index in [9.17, 15) is 4.79 Å². The molecule has 0 saturated carbocycles. The Bertz CT molecular complexity index is 423. The minimum atomic E-state index is -0.199. The summed E-state index contributed by atoms with van der Waals surface area (Å²) in [5.41, 5.74) is 2.37. The van der Waals surface area contributed by atoms with E-state index in [1.165, 1.54) is 6.20 Å². The van der Waals surface area contributed by atoms with Crippen LogP contribution in [0.1, 0.15) is 29.9 Å². The number of halogens is 1. The normalized spacial score (nSPS) is 9.75. The first-order valence-corrected chi connectivity index (χ1v) is 5.42. The lowest BCUT2D eigenvalue weighted by Crippen LogP contribution is -2.24. The van der Waals surface area contributed by atoms with E-state index in [0.29, 0.717) is 17.1 Å². The molecule has 1 heterocycles. The third-order valence-electron chi connectivity index (χ3n) is 2.01. The lowest BCUT2D eigenvalue weighted by atomic mass is 10.2. The molecule has 1 rings (SSSR count). The Hall–Kier alpha value is -1.35. The Morgan fingerprint density at radius 3 is 2.81 bits per heavy atom. The van der Waals surface area contributed by atoms with Crippen molar-refractivity contribution in [2.45, 2.75) is 20.8 Å². The van der Waals surface area contributed by atoms with Crippen LogP contribution in [0.25, 0.3) is 0 Å². The molecule has 0 radical (unpaired) electrons. The summed E-state index contributed by atoms with van der Waals surface area (Å²) in [4.78, 5) is 15.7. The zero-order valence-electron chi connectivity index (χ0n) is 9.67. The van der Waals surface area contributed by atoms with Crippen molar-refractivity contribution in [3.63, 3.8) is 0 Å². The number of aryl methyl sites for hydroxylation is 1. The van der Waals surface area contributed by atoms with E-state index in [4.69, 9.17) is 11.6 Å². The Labute approximate surface area is 101 Å². The maximum atomic E-state index is 11.7. The van der Waals surface area contributed by atoms with Gasteiger partial charge in [0.1, 0.15) is 0 Å². The van der Waals surface area contributed by atoms with E-state index in [2.05, 4.69) is 10.3 Å². The molecule has 0 aromatic carbocycles. The average molecular weight is 239 g/mol. The first kappa shape index (κ1) is 12.7. The summed E-state index contributed by atoms with van der Waals surface area (Å²) < 4.78 is 0. The highest BCUT2D eigenvalue weighted by atomic mass is 35.5. The number of pyridine rings is 1. The highest BCUT2D eigenvalue weighted by molar-refractivity contribution is 6.33. The molecule has 0 atom stereocenters. The predicted octanol–water partition coefficient (Wildman–Crippen LogP) is 2.74. The molecule has 0 bridgehead atoms. The number of nitrogens with zero attached hydrogens (tertiary/aromatic N) is 1. The van der Waals surface area contributed by atoms with Crippen molar-refractivity contribution < 1.29 is 4.79 Å². The smallest absolute Gasteiger partial charge is 0.254 e. The number of hydrogen-bond donors (Lipinski definition) is 1. The van der Waals surface area contributed by atoms with Crippen LogP contribution >= 0.6 is 11.6 Å². The number of aromatic nitrogens is 1.